The molecule has 2 aliphatic rings. The number of carbonyl (C=O) groups is 2. The predicted octanol–water partition coefficient (Wildman–Crippen LogP) is 3.39. The number of halogens is 1. The van der Waals surface area contributed by atoms with Gasteiger partial charge in [-0.3, -0.25) is 19.8 Å². The number of benzene rings is 2. The van der Waals surface area contributed by atoms with Crippen LogP contribution in [0.2, 0.25) is 5.02 Å². The van der Waals surface area contributed by atoms with Crippen LogP contribution < -0.4 is 15.0 Å². The van der Waals surface area contributed by atoms with Gasteiger partial charge in [-0.25, -0.2) is 0 Å². The van der Waals surface area contributed by atoms with E-state index in [-0.39, 0.29) is 28.3 Å². The van der Waals surface area contributed by atoms with Gasteiger partial charge < -0.3 is 14.6 Å². The van der Waals surface area contributed by atoms with E-state index in [0.717, 1.165) is 12.8 Å². The zero-order valence-corrected chi connectivity index (χ0v) is 17.2. The van der Waals surface area contributed by atoms with Crippen molar-refractivity contribution in [3.8, 4) is 11.5 Å². The highest BCUT2D eigenvalue weighted by Crippen LogP contribution is 2.29. The standard InChI is InChI=1S/C21H17ClN2O5S/c22-13-4-6-14(7-5-13)24-20(27)16(19(26)23-21(24)30)10-12-3-8-15(11-17(12)25)29-18-2-1-9-28-18/h3-8,10-11,18,25H,1-2,9H2,(H,23,26,30). The molecule has 2 saturated heterocycles. The number of ether oxygens (including phenoxy) is 2. The van der Waals surface area contributed by atoms with E-state index >= 15 is 0 Å². The van der Waals surface area contributed by atoms with Gasteiger partial charge >= 0.3 is 0 Å². The number of aromatic hydroxyl groups is 1. The zero-order valence-electron chi connectivity index (χ0n) is 15.6. The van der Waals surface area contributed by atoms with Crippen LogP contribution in [-0.4, -0.2) is 34.9 Å². The van der Waals surface area contributed by atoms with Crippen LogP contribution in [0.5, 0.6) is 11.5 Å². The van der Waals surface area contributed by atoms with Crippen molar-refractivity contribution in [2.24, 2.45) is 0 Å². The normalized spacial score (nSPS) is 20.6. The third kappa shape index (κ3) is 4.16. The fourth-order valence-electron chi connectivity index (χ4n) is 3.15. The lowest BCUT2D eigenvalue weighted by Crippen LogP contribution is -2.54. The van der Waals surface area contributed by atoms with E-state index in [1.54, 1.807) is 36.4 Å². The molecule has 7 nitrogen and oxygen atoms in total. The number of hydrogen-bond donors (Lipinski definition) is 2. The minimum absolute atomic E-state index is 0.0333. The van der Waals surface area contributed by atoms with E-state index in [1.165, 1.54) is 17.0 Å². The molecular weight excluding hydrogens is 428 g/mol. The average Bonchev–Trinajstić information content (AvgIpc) is 3.21. The van der Waals surface area contributed by atoms with Crippen LogP contribution in [0.3, 0.4) is 0 Å². The fraction of sp³-hybridized carbons (Fsp3) is 0.190. The molecule has 2 aliphatic heterocycles. The first-order chi connectivity index (χ1) is 14.4. The quantitative estimate of drug-likeness (QED) is 0.427. The molecule has 0 radical (unpaired) electrons. The zero-order chi connectivity index (χ0) is 21.3. The number of carbonyl (C=O) groups excluding carboxylic acids is 2. The third-order valence-corrected chi connectivity index (χ3v) is 5.18. The summed E-state index contributed by atoms with van der Waals surface area (Å²) in [5.74, 6) is -0.950. The summed E-state index contributed by atoms with van der Waals surface area (Å²) in [6.45, 7) is 0.643. The monoisotopic (exact) mass is 444 g/mol. The highest BCUT2D eigenvalue weighted by atomic mass is 35.5. The molecule has 2 fully saturated rings. The van der Waals surface area contributed by atoms with Crippen molar-refractivity contribution < 1.29 is 24.2 Å². The van der Waals surface area contributed by atoms with E-state index in [4.69, 9.17) is 33.3 Å². The minimum Gasteiger partial charge on any atom is -0.507 e. The molecule has 0 aliphatic carbocycles. The summed E-state index contributed by atoms with van der Waals surface area (Å²) < 4.78 is 11.1. The van der Waals surface area contributed by atoms with E-state index in [0.29, 0.717) is 23.1 Å². The highest BCUT2D eigenvalue weighted by molar-refractivity contribution is 7.80. The number of nitrogens with zero attached hydrogens (tertiary/aromatic N) is 1. The van der Waals surface area contributed by atoms with Crippen molar-refractivity contribution in [1.29, 1.82) is 0 Å². The summed E-state index contributed by atoms with van der Waals surface area (Å²) in [6.07, 6.45) is 2.67. The first-order valence-corrected chi connectivity index (χ1v) is 9.99. The van der Waals surface area contributed by atoms with Gasteiger partial charge in [0.25, 0.3) is 11.8 Å². The molecule has 0 saturated carbocycles. The van der Waals surface area contributed by atoms with Gasteiger partial charge in [0.1, 0.15) is 17.1 Å². The topological polar surface area (TPSA) is 88.1 Å². The molecular formula is C21H17ClN2O5S. The Morgan fingerprint density at radius 2 is 2.00 bits per heavy atom. The molecule has 2 amide bonds. The molecule has 4 rings (SSSR count). The maximum absolute atomic E-state index is 13.0. The number of anilines is 1. The number of nitrogens with one attached hydrogen (secondary N) is 1. The average molecular weight is 445 g/mol. The molecule has 154 valence electrons. The Morgan fingerprint density at radius 3 is 2.67 bits per heavy atom. The van der Waals surface area contributed by atoms with Gasteiger partial charge in [0.15, 0.2) is 11.4 Å². The van der Waals surface area contributed by atoms with Crippen LogP contribution in [0.15, 0.2) is 48.0 Å². The Kier molecular flexibility index (Phi) is 5.72. The van der Waals surface area contributed by atoms with Crippen LogP contribution in [0.4, 0.5) is 5.69 Å². The van der Waals surface area contributed by atoms with Gasteiger partial charge in [-0.05, 0) is 61.1 Å². The van der Waals surface area contributed by atoms with Crippen LogP contribution in [0.1, 0.15) is 18.4 Å². The lowest BCUT2D eigenvalue weighted by molar-refractivity contribution is -0.122. The number of rotatable bonds is 4. The lowest BCUT2D eigenvalue weighted by atomic mass is 10.1. The molecule has 2 aromatic carbocycles. The second kappa shape index (κ2) is 8.43. The molecule has 1 unspecified atom stereocenters. The molecule has 2 N–H and O–H groups in total. The van der Waals surface area contributed by atoms with Crippen LogP contribution in [0, 0.1) is 0 Å². The molecule has 0 bridgehead atoms. The Labute approximate surface area is 182 Å². The van der Waals surface area contributed by atoms with E-state index in [9.17, 15) is 14.7 Å². The highest BCUT2D eigenvalue weighted by Gasteiger charge is 2.34. The maximum atomic E-state index is 13.0. The summed E-state index contributed by atoms with van der Waals surface area (Å²) in [7, 11) is 0. The summed E-state index contributed by atoms with van der Waals surface area (Å²) in [5.41, 5.74) is 0.587. The van der Waals surface area contributed by atoms with Crippen molar-refractivity contribution in [3.63, 3.8) is 0 Å². The number of phenolic OH excluding ortho intramolecular Hbond substituents is 1. The predicted molar refractivity (Wildman–Crippen MR) is 115 cm³/mol. The van der Waals surface area contributed by atoms with Crippen molar-refractivity contribution in [2.75, 3.05) is 11.5 Å². The number of thiocarbonyl (C=S) groups is 1. The van der Waals surface area contributed by atoms with Gasteiger partial charge in [-0.1, -0.05) is 11.6 Å². The van der Waals surface area contributed by atoms with Gasteiger partial charge in [-0.2, -0.15) is 0 Å². The van der Waals surface area contributed by atoms with Gasteiger partial charge in [-0.15, -0.1) is 0 Å². The molecule has 1 atom stereocenters. The summed E-state index contributed by atoms with van der Waals surface area (Å²) in [5, 5.41) is 13.3. The second-order valence-corrected chi connectivity index (χ2v) is 7.54. The minimum atomic E-state index is -0.644. The van der Waals surface area contributed by atoms with E-state index in [1.807, 2.05) is 0 Å². The molecule has 2 aromatic rings. The van der Waals surface area contributed by atoms with Crippen LogP contribution in [-0.2, 0) is 14.3 Å². The largest absolute Gasteiger partial charge is 0.507 e. The fourth-order valence-corrected chi connectivity index (χ4v) is 3.56. The van der Waals surface area contributed by atoms with Gasteiger partial charge in [0.2, 0.25) is 0 Å². The van der Waals surface area contributed by atoms with Crippen LogP contribution in [0.25, 0.3) is 6.08 Å². The maximum Gasteiger partial charge on any atom is 0.270 e. The molecule has 2 heterocycles. The van der Waals surface area contributed by atoms with Gasteiger partial charge in [0.05, 0.1) is 12.3 Å². The Morgan fingerprint density at radius 1 is 1.23 bits per heavy atom. The first-order valence-electron chi connectivity index (χ1n) is 9.20. The molecule has 0 spiro atoms. The molecule has 9 heteroatoms. The van der Waals surface area contributed by atoms with E-state index < -0.39 is 11.8 Å². The van der Waals surface area contributed by atoms with Crippen molar-refractivity contribution >= 4 is 52.5 Å². The molecule has 30 heavy (non-hydrogen) atoms. The first kappa shape index (κ1) is 20.3. The third-order valence-electron chi connectivity index (χ3n) is 4.64. The van der Waals surface area contributed by atoms with E-state index in [2.05, 4.69) is 5.32 Å². The lowest BCUT2D eigenvalue weighted by Gasteiger charge is -2.29. The van der Waals surface area contributed by atoms with Gasteiger partial charge in [0, 0.05) is 23.1 Å². The van der Waals surface area contributed by atoms with Crippen molar-refractivity contribution in [1.82, 2.24) is 5.32 Å². The molecule has 0 aromatic heterocycles. The summed E-state index contributed by atoms with van der Waals surface area (Å²) in [4.78, 5) is 26.6. The number of amides is 2. The smallest absolute Gasteiger partial charge is 0.270 e. The van der Waals surface area contributed by atoms with Crippen LogP contribution >= 0.6 is 23.8 Å². The Bertz CT molecular complexity index is 1050. The Hall–Kier alpha value is -2.94. The number of phenols is 1. The summed E-state index contributed by atoms with van der Waals surface area (Å²) >= 11 is 11.1. The second-order valence-electron chi connectivity index (χ2n) is 6.72. The SMILES string of the molecule is O=C1NC(=S)N(c2ccc(Cl)cc2)C(=O)C1=Cc1ccc(OC2CCCO2)cc1O. The number of hydrogen-bond acceptors (Lipinski definition) is 6. The van der Waals surface area contributed by atoms with Crippen molar-refractivity contribution in [2.45, 2.75) is 19.1 Å². The summed E-state index contributed by atoms with van der Waals surface area (Å²) in [6, 6.07) is 11.1. The Balaban J connectivity index is 1.61. The van der Waals surface area contributed by atoms with Crippen molar-refractivity contribution in [3.05, 3.63) is 58.6 Å².